The van der Waals surface area contributed by atoms with Crippen LogP contribution in [-0.4, -0.2) is 18.0 Å². The highest BCUT2D eigenvalue weighted by molar-refractivity contribution is 9.11. The lowest BCUT2D eigenvalue weighted by Gasteiger charge is -2.17. The highest BCUT2D eigenvalue weighted by atomic mass is 79.9. The second-order valence-electron chi connectivity index (χ2n) is 4.36. The van der Waals surface area contributed by atoms with Gasteiger partial charge in [-0.25, -0.2) is 4.79 Å². The number of hydrogen-bond donors (Lipinski definition) is 1. The predicted octanol–water partition coefficient (Wildman–Crippen LogP) is 4.48. The fraction of sp³-hybridized carbons (Fsp3) is 0.214. The Labute approximate surface area is 125 Å². The van der Waals surface area contributed by atoms with Crippen molar-refractivity contribution in [1.29, 1.82) is 0 Å². The number of nitrogens with zero attached hydrogens (tertiary/aromatic N) is 1. The molecule has 0 spiro atoms. The minimum atomic E-state index is -0.103. The van der Waals surface area contributed by atoms with E-state index < -0.39 is 0 Å². The van der Waals surface area contributed by atoms with Crippen molar-refractivity contribution in [1.82, 2.24) is 4.90 Å². The highest BCUT2D eigenvalue weighted by Gasteiger charge is 2.10. The number of urea groups is 1. The van der Waals surface area contributed by atoms with Crippen molar-refractivity contribution in [3.05, 3.63) is 50.6 Å². The van der Waals surface area contributed by atoms with Crippen LogP contribution in [0.2, 0.25) is 0 Å². The summed E-state index contributed by atoms with van der Waals surface area (Å²) in [5.41, 5.74) is 1.99. The zero-order valence-corrected chi connectivity index (χ0v) is 13.2. The minimum Gasteiger partial charge on any atom is -0.322 e. The molecule has 100 valence electrons. The van der Waals surface area contributed by atoms with Crippen molar-refractivity contribution >= 4 is 39.0 Å². The second kappa shape index (κ2) is 6.21. The average molecular weight is 339 g/mol. The summed E-state index contributed by atoms with van der Waals surface area (Å²) in [4.78, 5) is 14.8. The SMILES string of the molecule is Cc1ccc(NC(=O)N(C)Cc2ccc(Br)s2)cc1. The number of benzene rings is 1. The van der Waals surface area contributed by atoms with Gasteiger partial charge < -0.3 is 10.2 Å². The second-order valence-corrected chi connectivity index (χ2v) is 6.91. The van der Waals surface area contributed by atoms with E-state index in [9.17, 15) is 4.79 Å². The third-order valence-electron chi connectivity index (χ3n) is 2.67. The van der Waals surface area contributed by atoms with E-state index in [4.69, 9.17) is 0 Å². The third-order valence-corrected chi connectivity index (χ3v) is 4.28. The van der Waals surface area contributed by atoms with E-state index >= 15 is 0 Å². The Balaban J connectivity index is 1.94. The number of anilines is 1. The molecular formula is C14H15BrN2OS. The molecule has 0 atom stereocenters. The van der Waals surface area contributed by atoms with Gasteiger partial charge in [0.05, 0.1) is 10.3 Å². The third kappa shape index (κ3) is 4.08. The van der Waals surface area contributed by atoms with Gasteiger partial charge in [0.2, 0.25) is 0 Å². The molecule has 0 aliphatic carbocycles. The van der Waals surface area contributed by atoms with Crippen LogP contribution in [0.25, 0.3) is 0 Å². The monoisotopic (exact) mass is 338 g/mol. The lowest BCUT2D eigenvalue weighted by Crippen LogP contribution is -2.30. The Bertz CT molecular complexity index is 565. The molecule has 0 aliphatic rings. The number of thiophene rings is 1. The first-order valence-electron chi connectivity index (χ1n) is 5.87. The normalized spacial score (nSPS) is 10.3. The van der Waals surface area contributed by atoms with E-state index in [0.29, 0.717) is 6.54 Å². The molecule has 1 aromatic carbocycles. The average Bonchev–Trinajstić information content (AvgIpc) is 2.77. The maximum atomic E-state index is 12.0. The molecule has 0 fully saturated rings. The first-order chi connectivity index (χ1) is 9.04. The van der Waals surface area contributed by atoms with Crippen molar-refractivity contribution in [2.75, 3.05) is 12.4 Å². The van der Waals surface area contributed by atoms with Crippen LogP contribution in [0.15, 0.2) is 40.2 Å². The summed E-state index contributed by atoms with van der Waals surface area (Å²) in [6, 6.07) is 11.7. The summed E-state index contributed by atoms with van der Waals surface area (Å²) in [5.74, 6) is 0. The van der Waals surface area contributed by atoms with Crippen LogP contribution in [0.3, 0.4) is 0 Å². The molecule has 2 amide bonds. The van der Waals surface area contributed by atoms with Crippen LogP contribution < -0.4 is 5.32 Å². The Kier molecular flexibility index (Phi) is 4.61. The van der Waals surface area contributed by atoms with Crippen LogP contribution in [0.1, 0.15) is 10.4 Å². The molecular weight excluding hydrogens is 324 g/mol. The molecule has 0 unspecified atom stereocenters. The summed E-state index contributed by atoms with van der Waals surface area (Å²) in [5, 5.41) is 2.88. The molecule has 0 saturated carbocycles. The fourth-order valence-electron chi connectivity index (χ4n) is 1.60. The standard InChI is InChI=1S/C14H15BrN2OS/c1-10-3-5-11(6-4-10)16-14(18)17(2)9-12-7-8-13(15)19-12/h3-8H,9H2,1-2H3,(H,16,18). The summed E-state index contributed by atoms with van der Waals surface area (Å²) in [7, 11) is 1.79. The van der Waals surface area contributed by atoms with Gasteiger partial charge in [0.15, 0.2) is 0 Å². The molecule has 2 rings (SSSR count). The molecule has 1 aromatic heterocycles. The lowest BCUT2D eigenvalue weighted by molar-refractivity contribution is 0.221. The molecule has 0 radical (unpaired) electrons. The smallest absolute Gasteiger partial charge is 0.321 e. The fourth-order valence-corrected chi connectivity index (χ4v) is 3.13. The number of carbonyl (C=O) groups is 1. The summed E-state index contributed by atoms with van der Waals surface area (Å²) in [6.07, 6.45) is 0. The summed E-state index contributed by atoms with van der Waals surface area (Å²) in [6.45, 7) is 2.63. The number of amides is 2. The van der Waals surface area contributed by atoms with Crippen LogP contribution >= 0.6 is 27.3 Å². The Morgan fingerprint density at radius 2 is 1.95 bits per heavy atom. The van der Waals surface area contributed by atoms with Gasteiger partial charge in [-0.1, -0.05) is 17.7 Å². The zero-order chi connectivity index (χ0) is 13.8. The van der Waals surface area contributed by atoms with E-state index in [-0.39, 0.29) is 6.03 Å². The molecule has 0 saturated heterocycles. The zero-order valence-electron chi connectivity index (χ0n) is 10.8. The van der Waals surface area contributed by atoms with Crippen LogP contribution in [0, 0.1) is 6.92 Å². The molecule has 19 heavy (non-hydrogen) atoms. The van der Waals surface area contributed by atoms with E-state index in [1.807, 2.05) is 43.3 Å². The van der Waals surface area contributed by atoms with Crippen LogP contribution in [0.5, 0.6) is 0 Å². The largest absolute Gasteiger partial charge is 0.322 e. The predicted molar refractivity (Wildman–Crippen MR) is 83.7 cm³/mol. The van der Waals surface area contributed by atoms with Gasteiger partial charge in [-0.05, 0) is 47.1 Å². The number of halogens is 1. The molecule has 5 heteroatoms. The molecule has 0 bridgehead atoms. The maximum absolute atomic E-state index is 12.0. The lowest BCUT2D eigenvalue weighted by atomic mass is 10.2. The molecule has 1 heterocycles. The van der Waals surface area contributed by atoms with E-state index in [1.165, 1.54) is 5.56 Å². The van der Waals surface area contributed by atoms with Crippen LogP contribution in [-0.2, 0) is 6.54 Å². The van der Waals surface area contributed by atoms with Crippen molar-refractivity contribution in [2.45, 2.75) is 13.5 Å². The van der Waals surface area contributed by atoms with Crippen molar-refractivity contribution in [3.8, 4) is 0 Å². The maximum Gasteiger partial charge on any atom is 0.321 e. The van der Waals surface area contributed by atoms with Gasteiger partial charge in [0.1, 0.15) is 0 Å². The number of aryl methyl sites for hydroxylation is 1. The first-order valence-corrected chi connectivity index (χ1v) is 7.48. The molecule has 0 aliphatic heterocycles. The topological polar surface area (TPSA) is 32.3 Å². The summed E-state index contributed by atoms with van der Waals surface area (Å²) >= 11 is 5.06. The van der Waals surface area contributed by atoms with Crippen molar-refractivity contribution < 1.29 is 4.79 Å². The van der Waals surface area contributed by atoms with E-state index in [2.05, 4.69) is 21.2 Å². The molecule has 2 aromatic rings. The van der Waals surface area contributed by atoms with Crippen LogP contribution in [0.4, 0.5) is 10.5 Å². The number of hydrogen-bond acceptors (Lipinski definition) is 2. The first kappa shape index (κ1) is 14.1. The van der Waals surface area contributed by atoms with Gasteiger partial charge in [-0.15, -0.1) is 11.3 Å². The molecule has 1 N–H and O–H groups in total. The van der Waals surface area contributed by atoms with E-state index in [0.717, 1.165) is 14.4 Å². The van der Waals surface area contributed by atoms with Crippen molar-refractivity contribution in [3.63, 3.8) is 0 Å². The molecule has 3 nitrogen and oxygen atoms in total. The Hall–Kier alpha value is -1.33. The van der Waals surface area contributed by atoms with Crippen molar-refractivity contribution in [2.24, 2.45) is 0 Å². The number of rotatable bonds is 3. The van der Waals surface area contributed by atoms with E-state index in [1.54, 1.807) is 23.3 Å². The van der Waals surface area contributed by atoms with Gasteiger partial charge in [-0.3, -0.25) is 0 Å². The Morgan fingerprint density at radius 1 is 1.26 bits per heavy atom. The van der Waals surface area contributed by atoms with Gasteiger partial charge >= 0.3 is 6.03 Å². The minimum absolute atomic E-state index is 0.103. The number of carbonyl (C=O) groups excluding carboxylic acids is 1. The highest BCUT2D eigenvalue weighted by Crippen LogP contribution is 2.23. The van der Waals surface area contributed by atoms with Gasteiger partial charge in [0, 0.05) is 17.6 Å². The summed E-state index contributed by atoms with van der Waals surface area (Å²) < 4.78 is 1.08. The quantitative estimate of drug-likeness (QED) is 0.878. The number of nitrogens with one attached hydrogen (secondary N) is 1. The van der Waals surface area contributed by atoms with Gasteiger partial charge in [-0.2, -0.15) is 0 Å². The Morgan fingerprint density at radius 3 is 2.53 bits per heavy atom. The van der Waals surface area contributed by atoms with Gasteiger partial charge in [0.25, 0.3) is 0 Å².